The molecule has 3 aliphatic rings. The quantitative estimate of drug-likeness (QED) is 0.211. The third kappa shape index (κ3) is 10.8. The van der Waals surface area contributed by atoms with E-state index in [9.17, 15) is 42.3 Å². The largest absolute Gasteiger partial charge is 0.444 e. The first kappa shape index (κ1) is 43.5. The maximum Gasteiger partial charge on any atom is 0.408 e. The second-order valence-electron chi connectivity index (χ2n) is 17.3. The number of nitrogens with zero attached hydrogens (tertiary/aromatic N) is 2. The van der Waals surface area contributed by atoms with Crippen LogP contribution in [0.1, 0.15) is 111 Å². The summed E-state index contributed by atoms with van der Waals surface area (Å²) in [6.45, 7) is 11.0. The van der Waals surface area contributed by atoms with Crippen LogP contribution >= 0.6 is 0 Å². The Hall–Kier alpha value is -4.23. The number of carbonyl (C=O) groups is 7. The number of likely N-dealkylation sites (tertiary alicyclic amines) is 1. The van der Waals surface area contributed by atoms with E-state index in [0.29, 0.717) is 12.0 Å². The fraction of sp³-hybridized carbons (Fsp3) is 0.683. The lowest BCUT2D eigenvalue weighted by Crippen LogP contribution is -2.57. The van der Waals surface area contributed by atoms with Gasteiger partial charge in [-0.15, -0.1) is 0 Å². The van der Waals surface area contributed by atoms with Crippen molar-refractivity contribution in [1.82, 2.24) is 20.4 Å². The zero-order chi connectivity index (χ0) is 41.0. The van der Waals surface area contributed by atoms with Crippen LogP contribution in [-0.4, -0.2) is 95.2 Å². The highest BCUT2D eigenvalue weighted by molar-refractivity contribution is 6.38. The molecule has 3 unspecified atom stereocenters. The first-order chi connectivity index (χ1) is 25.6. The minimum absolute atomic E-state index is 0.00388. The van der Waals surface area contributed by atoms with E-state index >= 15 is 0 Å². The summed E-state index contributed by atoms with van der Waals surface area (Å²) in [4.78, 5) is 97.0. The highest BCUT2D eigenvalue weighted by atomic mass is 19.3. The smallest absolute Gasteiger partial charge is 0.408 e. The molecule has 4 rings (SSSR count). The van der Waals surface area contributed by atoms with Crippen LogP contribution in [0.2, 0.25) is 0 Å². The van der Waals surface area contributed by atoms with E-state index in [4.69, 9.17) is 4.74 Å². The van der Waals surface area contributed by atoms with Crippen LogP contribution in [-0.2, 0) is 33.5 Å². The fourth-order valence-electron chi connectivity index (χ4n) is 8.31. The van der Waals surface area contributed by atoms with E-state index in [1.165, 1.54) is 9.80 Å². The molecular formula is C41H58F2N4O8. The molecule has 1 aromatic carbocycles. The van der Waals surface area contributed by atoms with Gasteiger partial charge in [-0.25, -0.2) is 13.6 Å². The van der Waals surface area contributed by atoms with E-state index in [-0.39, 0.29) is 67.6 Å². The van der Waals surface area contributed by atoms with Crippen LogP contribution in [0, 0.1) is 29.1 Å². The number of halogens is 2. The van der Waals surface area contributed by atoms with E-state index < -0.39 is 90.2 Å². The third-order valence-corrected chi connectivity index (χ3v) is 11.4. The SMILES string of the molecule is CCCC(CC(=O)C1[C@@H]2[C@H](CN1C(=O)C(NC(=O)OC(C)(C)C)C1CCC(F)(F)CC1)C2(C)C)C(=O)C(=O)CCC(=O)N[C@H](C(=O)N(C)C)c1ccccc1. The molecule has 4 amide bonds. The molecule has 2 aliphatic carbocycles. The highest BCUT2D eigenvalue weighted by Crippen LogP contribution is 2.65. The zero-order valence-electron chi connectivity index (χ0n) is 33.4. The molecular weight excluding hydrogens is 714 g/mol. The van der Waals surface area contributed by atoms with Gasteiger partial charge in [0.2, 0.25) is 29.4 Å². The predicted molar refractivity (Wildman–Crippen MR) is 200 cm³/mol. The lowest BCUT2D eigenvalue weighted by Gasteiger charge is -2.38. The molecule has 1 aliphatic heterocycles. The highest BCUT2D eigenvalue weighted by Gasteiger charge is 2.69. The lowest BCUT2D eigenvalue weighted by atomic mass is 9.81. The number of hydrogen-bond donors (Lipinski definition) is 2. The van der Waals surface area contributed by atoms with Crippen molar-refractivity contribution >= 4 is 41.2 Å². The molecule has 6 atom stereocenters. The number of ketones is 3. The third-order valence-electron chi connectivity index (χ3n) is 11.4. The number of piperidine rings is 1. The summed E-state index contributed by atoms with van der Waals surface area (Å²) in [5.41, 5.74) is -0.601. The van der Waals surface area contributed by atoms with Gasteiger partial charge in [0.15, 0.2) is 11.6 Å². The summed E-state index contributed by atoms with van der Waals surface area (Å²) in [5.74, 6) is -8.17. The van der Waals surface area contributed by atoms with Crippen molar-refractivity contribution in [2.75, 3.05) is 20.6 Å². The van der Waals surface area contributed by atoms with Crippen LogP contribution in [0.25, 0.3) is 0 Å². The van der Waals surface area contributed by atoms with E-state index in [0.717, 1.165) is 0 Å². The maximum absolute atomic E-state index is 14.4. The molecule has 0 radical (unpaired) electrons. The lowest BCUT2D eigenvalue weighted by molar-refractivity contribution is -0.145. The van der Waals surface area contributed by atoms with Crippen molar-refractivity contribution < 1.29 is 47.1 Å². The monoisotopic (exact) mass is 772 g/mol. The van der Waals surface area contributed by atoms with E-state index in [2.05, 4.69) is 10.6 Å². The Morgan fingerprint density at radius 1 is 0.964 bits per heavy atom. The number of alkyl halides is 2. The molecule has 0 spiro atoms. The summed E-state index contributed by atoms with van der Waals surface area (Å²) >= 11 is 0. The Kier molecular flexibility index (Phi) is 13.7. The van der Waals surface area contributed by atoms with Gasteiger partial charge in [0.25, 0.3) is 0 Å². The first-order valence-corrected chi connectivity index (χ1v) is 19.4. The Morgan fingerprint density at radius 3 is 2.15 bits per heavy atom. The molecule has 2 N–H and O–H groups in total. The van der Waals surface area contributed by atoms with Crippen LogP contribution < -0.4 is 10.6 Å². The van der Waals surface area contributed by atoms with Crippen molar-refractivity contribution in [3.63, 3.8) is 0 Å². The molecule has 1 heterocycles. The van der Waals surface area contributed by atoms with Gasteiger partial charge in [-0.05, 0) is 68.8 Å². The summed E-state index contributed by atoms with van der Waals surface area (Å²) in [7, 11) is 3.12. The van der Waals surface area contributed by atoms with Gasteiger partial charge in [0.05, 0.1) is 6.04 Å². The summed E-state index contributed by atoms with van der Waals surface area (Å²) < 4.78 is 33.8. The molecule has 304 valence electrons. The first-order valence-electron chi connectivity index (χ1n) is 19.4. The second kappa shape index (κ2) is 17.3. The summed E-state index contributed by atoms with van der Waals surface area (Å²) in [6.07, 6.45) is -2.08. The minimum Gasteiger partial charge on any atom is -0.444 e. The second-order valence-corrected chi connectivity index (χ2v) is 17.3. The number of hydrogen-bond acceptors (Lipinski definition) is 8. The number of carbonyl (C=O) groups excluding carboxylic acids is 7. The molecule has 0 bridgehead atoms. The number of likely N-dealkylation sites (N-methyl/N-ethyl adjacent to an activating group) is 1. The number of nitrogens with one attached hydrogen (secondary N) is 2. The van der Waals surface area contributed by atoms with Gasteiger partial charge in [-0.2, -0.15) is 0 Å². The standard InChI is InChI=1S/C41H58F2N4O8/c1-9-13-26(35(51)28(48)16-17-30(50)44-32(36(52)46(7)8)24-14-11-10-12-15-24)22-29(49)34-31-27(40(31,5)6)23-47(34)37(53)33(45-38(54)55-39(2,3)4)25-18-20-41(42,43)21-19-25/h10-12,14-15,25-27,31-34H,9,13,16-23H2,1-8H3,(H,44,50)(H,45,54)/t26?,27-,31-,32-,33?,34?/m0/s1. The minimum atomic E-state index is -2.87. The average Bonchev–Trinajstić information content (AvgIpc) is 3.41. The number of Topliss-reactive ketones (excluding diaryl/α,β-unsaturated/α-hetero) is 3. The van der Waals surface area contributed by atoms with E-state index in [1.54, 1.807) is 65.2 Å². The van der Waals surface area contributed by atoms with E-state index in [1.807, 2.05) is 20.8 Å². The molecule has 2 saturated carbocycles. The van der Waals surface area contributed by atoms with Gasteiger partial charge < -0.3 is 25.2 Å². The molecule has 14 heteroatoms. The summed E-state index contributed by atoms with van der Waals surface area (Å²) in [6, 6.07) is 5.54. The topological polar surface area (TPSA) is 159 Å². The Bertz CT molecular complexity index is 1610. The molecule has 1 aromatic rings. The van der Waals surface area contributed by atoms with Crippen LogP contribution in [0.3, 0.4) is 0 Å². The van der Waals surface area contributed by atoms with Crippen molar-refractivity contribution in [2.24, 2.45) is 29.1 Å². The fourth-order valence-corrected chi connectivity index (χ4v) is 8.31. The average molecular weight is 773 g/mol. The van der Waals surface area contributed by atoms with Gasteiger partial charge in [0.1, 0.15) is 17.7 Å². The molecule has 1 saturated heterocycles. The van der Waals surface area contributed by atoms with Crippen molar-refractivity contribution in [2.45, 2.75) is 129 Å². The molecule has 12 nitrogen and oxygen atoms in total. The van der Waals surface area contributed by atoms with Crippen molar-refractivity contribution in [3.05, 3.63) is 35.9 Å². The summed E-state index contributed by atoms with van der Waals surface area (Å²) in [5, 5.41) is 5.31. The van der Waals surface area contributed by atoms with Crippen molar-refractivity contribution in [3.8, 4) is 0 Å². The number of amides is 4. The van der Waals surface area contributed by atoms with Gasteiger partial charge in [-0.3, -0.25) is 28.8 Å². The normalized spacial score (nSPS) is 23.0. The Balaban J connectivity index is 1.47. The Labute approximate surface area is 322 Å². The number of fused-ring (bicyclic) bond motifs is 1. The molecule has 55 heavy (non-hydrogen) atoms. The number of benzene rings is 1. The maximum atomic E-state index is 14.4. The number of alkyl carbamates (subject to hydrolysis) is 1. The van der Waals surface area contributed by atoms with Crippen LogP contribution in [0.5, 0.6) is 0 Å². The van der Waals surface area contributed by atoms with Crippen LogP contribution in [0.4, 0.5) is 13.6 Å². The van der Waals surface area contributed by atoms with Gasteiger partial charge in [-0.1, -0.05) is 57.5 Å². The van der Waals surface area contributed by atoms with Crippen LogP contribution in [0.15, 0.2) is 30.3 Å². The zero-order valence-corrected chi connectivity index (χ0v) is 33.4. The predicted octanol–water partition coefficient (Wildman–Crippen LogP) is 5.43. The molecule has 0 aromatic heterocycles. The number of ether oxygens (including phenoxy) is 1. The number of rotatable bonds is 16. The molecule has 3 fully saturated rings. The van der Waals surface area contributed by atoms with Gasteiger partial charge in [0, 0.05) is 58.7 Å². The van der Waals surface area contributed by atoms with Crippen molar-refractivity contribution in [1.29, 1.82) is 0 Å². The van der Waals surface area contributed by atoms with Gasteiger partial charge >= 0.3 is 6.09 Å². The Morgan fingerprint density at radius 2 is 1.58 bits per heavy atom.